The van der Waals surface area contributed by atoms with E-state index in [9.17, 15) is 4.79 Å². The molecule has 3 atom stereocenters. The van der Waals surface area contributed by atoms with Crippen LogP contribution in [0.15, 0.2) is 36.4 Å². The fraction of sp³-hybridized carbons (Fsp3) is 0.438. The van der Waals surface area contributed by atoms with Crippen LogP contribution in [0.25, 0.3) is 0 Å². The number of fused-ring (bicyclic) bond motifs is 2. The summed E-state index contributed by atoms with van der Waals surface area (Å²) >= 11 is 0. The number of carbonyl (C=O) groups is 1. The van der Waals surface area contributed by atoms with Gasteiger partial charge in [0.15, 0.2) is 0 Å². The lowest BCUT2D eigenvalue weighted by Crippen LogP contribution is -2.17. The minimum absolute atomic E-state index is 0.119. The molecular formula is C16H19NO2. The minimum Gasteiger partial charge on any atom is -0.427 e. The van der Waals surface area contributed by atoms with Crippen molar-refractivity contribution >= 4 is 5.97 Å². The van der Waals surface area contributed by atoms with Crippen LogP contribution in [0.1, 0.15) is 24.8 Å². The first kappa shape index (κ1) is 12.4. The number of benzene rings is 1. The van der Waals surface area contributed by atoms with Crippen LogP contribution in [0.3, 0.4) is 0 Å². The van der Waals surface area contributed by atoms with E-state index in [1.54, 1.807) is 12.1 Å². The molecule has 1 aromatic carbocycles. The standard InChI is InChI=1S/C16H19NO2/c17-10-11-2-5-15(6-3-11)19-16(18)9-14-8-12-1-4-13(14)7-12/h1-6,12-14H,7-10,17H2. The van der Waals surface area contributed by atoms with E-state index in [1.807, 2.05) is 12.1 Å². The van der Waals surface area contributed by atoms with Gasteiger partial charge in [0.1, 0.15) is 5.75 Å². The van der Waals surface area contributed by atoms with Gasteiger partial charge in [-0.25, -0.2) is 0 Å². The largest absolute Gasteiger partial charge is 0.427 e. The van der Waals surface area contributed by atoms with Crippen LogP contribution in [0.4, 0.5) is 0 Å². The molecule has 2 aliphatic carbocycles. The van der Waals surface area contributed by atoms with Crippen molar-refractivity contribution in [3.8, 4) is 5.75 Å². The summed E-state index contributed by atoms with van der Waals surface area (Å²) in [6.07, 6.45) is 7.45. The van der Waals surface area contributed by atoms with Crippen molar-refractivity contribution in [1.29, 1.82) is 0 Å². The number of allylic oxidation sites excluding steroid dienone is 2. The fourth-order valence-electron chi connectivity index (χ4n) is 3.21. The van der Waals surface area contributed by atoms with E-state index < -0.39 is 0 Å². The lowest BCUT2D eigenvalue weighted by Gasteiger charge is -2.16. The fourth-order valence-corrected chi connectivity index (χ4v) is 3.21. The molecule has 0 spiro atoms. The molecule has 3 nitrogen and oxygen atoms in total. The van der Waals surface area contributed by atoms with Crippen molar-refractivity contribution in [1.82, 2.24) is 0 Å². The Hall–Kier alpha value is -1.61. The summed E-state index contributed by atoms with van der Waals surface area (Å²) in [5, 5.41) is 0. The third-order valence-corrected chi connectivity index (χ3v) is 4.24. The summed E-state index contributed by atoms with van der Waals surface area (Å²) in [6, 6.07) is 7.40. The first-order chi connectivity index (χ1) is 9.24. The molecule has 100 valence electrons. The van der Waals surface area contributed by atoms with E-state index in [0.717, 1.165) is 12.0 Å². The normalized spacial score (nSPS) is 27.7. The zero-order valence-electron chi connectivity index (χ0n) is 10.9. The number of esters is 1. The van der Waals surface area contributed by atoms with Crippen LogP contribution in [-0.4, -0.2) is 5.97 Å². The third kappa shape index (κ3) is 2.71. The zero-order chi connectivity index (χ0) is 13.2. The second-order valence-electron chi connectivity index (χ2n) is 5.57. The van der Waals surface area contributed by atoms with Gasteiger partial charge in [-0.3, -0.25) is 4.79 Å². The number of carbonyl (C=O) groups excluding carboxylic acids is 1. The minimum atomic E-state index is -0.119. The van der Waals surface area contributed by atoms with Gasteiger partial charge in [-0.05, 0) is 48.3 Å². The van der Waals surface area contributed by atoms with Crippen LogP contribution in [0, 0.1) is 17.8 Å². The van der Waals surface area contributed by atoms with Gasteiger partial charge < -0.3 is 10.5 Å². The molecule has 2 bridgehead atoms. The summed E-state index contributed by atoms with van der Waals surface area (Å²) in [5.74, 6) is 2.27. The lowest BCUT2D eigenvalue weighted by molar-refractivity contribution is -0.135. The van der Waals surface area contributed by atoms with Crippen molar-refractivity contribution in [2.75, 3.05) is 0 Å². The number of nitrogens with two attached hydrogens (primary N) is 1. The van der Waals surface area contributed by atoms with Crippen molar-refractivity contribution < 1.29 is 9.53 Å². The summed E-state index contributed by atoms with van der Waals surface area (Å²) in [7, 11) is 0. The van der Waals surface area contributed by atoms with Crippen LogP contribution < -0.4 is 10.5 Å². The van der Waals surface area contributed by atoms with Crippen LogP contribution in [-0.2, 0) is 11.3 Å². The third-order valence-electron chi connectivity index (χ3n) is 4.24. The molecule has 1 fully saturated rings. The van der Waals surface area contributed by atoms with Crippen molar-refractivity contribution in [3.63, 3.8) is 0 Å². The van der Waals surface area contributed by atoms with Gasteiger partial charge in [0.25, 0.3) is 0 Å². The second kappa shape index (κ2) is 5.17. The van der Waals surface area contributed by atoms with Gasteiger partial charge in [0.05, 0.1) is 0 Å². The number of rotatable bonds is 4. The van der Waals surface area contributed by atoms with Crippen LogP contribution in [0.5, 0.6) is 5.75 Å². The van der Waals surface area contributed by atoms with Gasteiger partial charge in [0.2, 0.25) is 0 Å². The molecule has 0 saturated heterocycles. The Morgan fingerprint density at radius 3 is 2.58 bits per heavy atom. The molecule has 19 heavy (non-hydrogen) atoms. The van der Waals surface area contributed by atoms with E-state index >= 15 is 0 Å². The molecule has 0 aromatic heterocycles. The summed E-state index contributed by atoms with van der Waals surface area (Å²) in [4.78, 5) is 11.9. The second-order valence-corrected chi connectivity index (χ2v) is 5.57. The Morgan fingerprint density at radius 1 is 1.21 bits per heavy atom. The Bertz CT molecular complexity index is 492. The van der Waals surface area contributed by atoms with Gasteiger partial charge >= 0.3 is 5.97 Å². The molecule has 1 aromatic rings. The zero-order valence-corrected chi connectivity index (χ0v) is 10.9. The predicted octanol–water partition coefficient (Wildman–Crippen LogP) is 2.65. The summed E-state index contributed by atoms with van der Waals surface area (Å²) in [6.45, 7) is 0.506. The molecule has 3 heteroatoms. The number of hydrogen-bond donors (Lipinski definition) is 1. The Labute approximate surface area is 113 Å². The molecule has 2 N–H and O–H groups in total. The smallest absolute Gasteiger partial charge is 0.311 e. The van der Waals surface area contributed by atoms with E-state index in [0.29, 0.717) is 36.5 Å². The molecule has 3 rings (SSSR count). The van der Waals surface area contributed by atoms with E-state index in [-0.39, 0.29) is 5.97 Å². The van der Waals surface area contributed by atoms with E-state index in [4.69, 9.17) is 10.5 Å². The topological polar surface area (TPSA) is 52.3 Å². The monoisotopic (exact) mass is 257 g/mol. The highest BCUT2D eigenvalue weighted by molar-refractivity contribution is 5.72. The quantitative estimate of drug-likeness (QED) is 0.512. The first-order valence-electron chi connectivity index (χ1n) is 6.92. The molecule has 0 radical (unpaired) electrons. The highest BCUT2D eigenvalue weighted by Crippen LogP contribution is 2.44. The first-order valence-corrected chi connectivity index (χ1v) is 6.92. The van der Waals surface area contributed by atoms with Gasteiger partial charge in [-0.1, -0.05) is 24.3 Å². The summed E-state index contributed by atoms with van der Waals surface area (Å²) < 4.78 is 5.38. The molecule has 0 amide bonds. The van der Waals surface area contributed by atoms with E-state index in [2.05, 4.69) is 12.2 Å². The molecule has 1 saturated carbocycles. The van der Waals surface area contributed by atoms with Crippen molar-refractivity contribution in [2.45, 2.75) is 25.8 Å². The molecule has 3 unspecified atom stereocenters. The average molecular weight is 257 g/mol. The average Bonchev–Trinajstić information content (AvgIpc) is 3.02. The lowest BCUT2D eigenvalue weighted by atomic mass is 9.91. The molecular weight excluding hydrogens is 238 g/mol. The van der Waals surface area contributed by atoms with Crippen LogP contribution in [0.2, 0.25) is 0 Å². The maximum absolute atomic E-state index is 11.9. The highest BCUT2D eigenvalue weighted by Gasteiger charge is 2.36. The molecule has 0 aliphatic heterocycles. The molecule has 0 heterocycles. The Kier molecular flexibility index (Phi) is 3.38. The maximum Gasteiger partial charge on any atom is 0.311 e. The van der Waals surface area contributed by atoms with Crippen molar-refractivity contribution in [2.24, 2.45) is 23.5 Å². The van der Waals surface area contributed by atoms with E-state index in [1.165, 1.54) is 6.42 Å². The number of ether oxygens (including phenoxy) is 1. The summed E-state index contributed by atoms with van der Waals surface area (Å²) in [5.41, 5.74) is 6.57. The van der Waals surface area contributed by atoms with Gasteiger partial charge in [0, 0.05) is 13.0 Å². The van der Waals surface area contributed by atoms with Crippen LogP contribution >= 0.6 is 0 Å². The molecule has 2 aliphatic rings. The highest BCUT2D eigenvalue weighted by atomic mass is 16.5. The SMILES string of the molecule is NCc1ccc(OC(=O)CC2CC3C=CC2C3)cc1. The Morgan fingerprint density at radius 2 is 2.00 bits per heavy atom. The van der Waals surface area contributed by atoms with Gasteiger partial charge in [-0.15, -0.1) is 0 Å². The predicted molar refractivity (Wildman–Crippen MR) is 73.4 cm³/mol. The van der Waals surface area contributed by atoms with Crippen molar-refractivity contribution in [3.05, 3.63) is 42.0 Å². The number of hydrogen-bond acceptors (Lipinski definition) is 3. The Balaban J connectivity index is 1.54. The maximum atomic E-state index is 11.9. The van der Waals surface area contributed by atoms with Gasteiger partial charge in [-0.2, -0.15) is 0 Å².